The van der Waals surface area contributed by atoms with Crippen LogP contribution in [0.25, 0.3) is 10.8 Å². The quantitative estimate of drug-likeness (QED) is 0.857. The van der Waals surface area contributed by atoms with Gasteiger partial charge in [0.2, 0.25) is 10.0 Å². The maximum Gasteiger partial charge on any atom is 0.241 e. The van der Waals surface area contributed by atoms with Gasteiger partial charge in [-0.25, -0.2) is 13.1 Å². The lowest BCUT2D eigenvalue weighted by molar-refractivity contribution is 0.263. The first-order chi connectivity index (χ1) is 9.95. The topological polar surface area (TPSA) is 66.4 Å². The Labute approximate surface area is 129 Å². The van der Waals surface area contributed by atoms with Crippen LogP contribution in [0.15, 0.2) is 41.3 Å². The first-order valence-corrected chi connectivity index (χ1v) is 8.59. The van der Waals surface area contributed by atoms with E-state index in [0.29, 0.717) is 28.8 Å². The third-order valence-corrected chi connectivity index (χ3v) is 5.18. The van der Waals surface area contributed by atoms with Crippen molar-refractivity contribution in [2.45, 2.75) is 18.2 Å². The summed E-state index contributed by atoms with van der Waals surface area (Å²) in [6.07, 6.45) is 0.559. The van der Waals surface area contributed by atoms with Crippen molar-refractivity contribution in [3.05, 3.63) is 41.4 Å². The van der Waals surface area contributed by atoms with Crippen LogP contribution in [0.1, 0.15) is 13.3 Å². The molecular weight excluding hydrogens is 310 g/mol. The fourth-order valence-corrected chi connectivity index (χ4v) is 3.72. The SMILES string of the molecule is CC(CCO)CNS(=O)(=O)c1ccc(Cl)c2ccccc12. The molecule has 6 heteroatoms. The van der Waals surface area contributed by atoms with Crippen LogP contribution in [-0.2, 0) is 10.0 Å². The van der Waals surface area contributed by atoms with Crippen LogP contribution in [0.2, 0.25) is 5.02 Å². The standard InChI is InChI=1S/C15H18ClNO3S/c1-11(8-9-18)10-17-21(19,20)15-7-6-14(16)12-4-2-3-5-13(12)15/h2-7,11,17-18H,8-10H2,1H3. The molecule has 0 aliphatic rings. The van der Waals surface area contributed by atoms with Crippen LogP contribution in [0.3, 0.4) is 0 Å². The minimum Gasteiger partial charge on any atom is -0.396 e. The highest BCUT2D eigenvalue weighted by molar-refractivity contribution is 7.89. The van der Waals surface area contributed by atoms with Crippen LogP contribution in [0, 0.1) is 5.92 Å². The van der Waals surface area contributed by atoms with E-state index < -0.39 is 10.0 Å². The van der Waals surface area contributed by atoms with Crippen molar-refractivity contribution in [1.82, 2.24) is 4.72 Å². The summed E-state index contributed by atoms with van der Waals surface area (Å²) < 4.78 is 27.5. The fraction of sp³-hybridized carbons (Fsp3) is 0.333. The molecule has 0 spiro atoms. The molecule has 114 valence electrons. The summed E-state index contributed by atoms with van der Waals surface area (Å²) in [6.45, 7) is 2.23. The highest BCUT2D eigenvalue weighted by atomic mass is 35.5. The molecule has 0 fully saturated rings. The molecule has 4 nitrogen and oxygen atoms in total. The minimum atomic E-state index is -3.61. The Morgan fingerprint density at radius 1 is 1.19 bits per heavy atom. The molecule has 2 rings (SSSR count). The molecule has 0 amide bonds. The Morgan fingerprint density at radius 2 is 1.86 bits per heavy atom. The Bertz CT molecular complexity index is 731. The Kier molecular flexibility index (Phi) is 5.22. The molecule has 1 atom stereocenters. The van der Waals surface area contributed by atoms with E-state index in [1.807, 2.05) is 13.0 Å². The molecule has 1 unspecified atom stereocenters. The summed E-state index contributed by atoms with van der Waals surface area (Å²) >= 11 is 6.10. The summed E-state index contributed by atoms with van der Waals surface area (Å²) in [5.74, 6) is 0.0725. The number of rotatable bonds is 6. The average molecular weight is 328 g/mol. The van der Waals surface area contributed by atoms with Crippen LogP contribution in [-0.4, -0.2) is 26.7 Å². The second kappa shape index (κ2) is 6.75. The second-order valence-electron chi connectivity index (χ2n) is 5.06. The zero-order valence-electron chi connectivity index (χ0n) is 11.7. The molecule has 2 aromatic carbocycles. The van der Waals surface area contributed by atoms with Crippen LogP contribution in [0.5, 0.6) is 0 Å². The molecular formula is C15H18ClNO3S. The Balaban J connectivity index is 2.35. The van der Waals surface area contributed by atoms with Gasteiger partial charge in [0, 0.05) is 28.9 Å². The normalized spacial score (nSPS) is 13.5. The van der Waals surface area contributed by atoms with Crippen molar-refractivity contribution in [3.63, 3.8) is 0 Å². The molecule has 21 heavy (non-hydrogen) atoms. The van der Waals surface area contributed by atoms with E-state index >= 15 is 0 Å². The largest absolute Gasteiger partial charge is 0.396 e. The van der Waals surface area contributed by atoms with Gasteiger partial charge in [-0.05, 0) is 24.5 Å². The number of sulfonamides is 1. The monoisotopic (exact) mass is 327 g/mol. The van der Waals surface area contributed by atoms with Gasteiger partial charge in [-0.3, -0.25) is 0 Å². The van der Waals surface area contributed by atoms with E-state index in [-0.39, 0.29) is 17.4 Å². The molecule has 0 bridgehead atoms. The summed E-state index contributed by atoms with van der Waals surface area (Å²) in [4.78, 5) is 0.221. The maximum absolute atomic E-state index is 12.4. The van der Waals surface area contributed by atoms with Crippen molar-refractivity contribution in [2.75, 3.05) is 13.2 Å². The van der Waals surface area contributed by atoms with Crippen molar-refractivity contribution < 1.29 is 13.5 Å². The average Bonchev–Trinajstić information content (AvgIpc) is 2.46. The summed E-state index contributed by atoms with van der Waals surface area (Å²) in [7, 11) is -3.61. The molecule has 0 aliphatic heterocycles. The van der Waals surface area contributed by atoms with E-state index in [1.165, 1.54) is 6.07 Å². The van der Waals surface area contributed by atoms with Crippen molar-refractivity contribution in [1.29, 1.82) is 0 Å². The predicted octanol–water partition coefficient (Wildman–Crippen LogP) is 2.79. The molecule has 0 heterocycles. The van der Waals surface area contributed by atoms with E-state index in [9.17, 15) is 8.42 Å². The predicted molar refractivity (Wildman–Crippen MR) is 85.0 cm³/mol. The van der Waals surface area contributed by atoms with Gasteiger partial charge in [-0.2, -0.15) is 0 Å². The summed E-state index contributed by atoms with van der Waals surface area (Å²) in [5.41, 5.74) is 0. The van der Waals surface area contributed by atoms with Crippen molar-refractivity contribution in [3.8, 4) is 0 Å². The van der Waals surface area contributed by atoms with Gasteiger partial charge >= 0.3 is 0 Å². The molecule has 0 saturated carbocycles. The van der Waals surface area contributed by atoms with Gasteiger partial charge in [0.25, 0.3) is 0 Å². The highest BCUT2D eigenvalue weighted by Crippen LogP contribution is 2.29. The lowest BCUT2D eigenvalue weighted by atomic mass is 10.1. The number of hydrogen-bond acceptors (Lipinski definition) is 3. The van der Waals surface area contributed by atoms with Crippen molar-refractivity contribution >= 4 is 32.4 Å². The van der Waals surface area contributed by atoms with Gasteiger partial charge < -0.3 is 5.11 Å². The zero-order valence-corrected chi connectivity index (χ0v) is 13.3. The smallest absolute Gasteiger partial charge is 0.241 e. The number of aliphatic hydroxyl groups excluding tert-OH is 1. The van der Waals surface area contributed by atoms with Gasteiger partial charge in [0.1, 0.15) is 0 Å². The van der Waals surface area contributed by atoms with Crippen LogP contribution in [0.4, 0.5) is 0 Å². The van der Waals surface area contributed by atoms with E-state index in [0.717, 1.165) is 0 Å². The third kappa shape index (κ3) is 3.74. The van der Waals surface area contributed by atoms with Gasteiger partial charge in [0.05, 0.1) is 4.90 Å². The number of hydrogen-bond donors (Lipinski definition) is 2. The van der Waals surface area contributed by atoms with Gasteiger partial charge in [0.15, 0.2) is 0 Å². The lowest BCUT2D eigenvalue weighted by Gasteiger charge is -2.13. The molecule has 0 radical (unpaired) electrons. The Morgan fingerprint density at radius 3 is 2.52 bits per heavy atom. The summed E-state index contributed by atoms with van der Waals surface area (Å²) in [6, 6.07) is 10.3. The number of benzene rings is 2. The van der Waals surface area contributed by atoms with Gasteiger partial charge in [-0.1, -0.05) is 42.8 Å². The fourth-order valence-electron chi connectivity index (χ4n) is 2.12. The van der Waals surface area contributed by atoms with E-state index in [4.69, 9.17) is 16.7 Å². The summed E-state index contributed by atoms with van der Waals surface area (Å²) in [5, 5.41) is 10.7. The number of aliphatic hydroxyl groups is 1. The molecule has 2 N–H and O–H groups in total. The lowest BCUT2D eigenvalue weighted by Crippen LogP contribution is -2.29. The maximum atomic E-state index is 12.4. The molecule has 0 aliphatic carbocycles. The zero-order chi connectivity index (χ0) is 15.5. The molecule has 0 aromatic heterocycles. The third-order valence-electron chi connectivity index (χ3n) is 3.36. The first kappa shape index (κ1) is 16.2. The molecule has 2 aromatic rings. The number of nitrogens with one attached hydrogen (secondary N) is 1. The van der Waals surface area contributed by atoms with E-state index in [1.54, 1.807) is 24.3 Å². The van der Waals surface area contributed by atoms with Crippen molar-refractivity contribution in [2.24, 2.45) is 5.92 Å². The Hall–Kier alpha value is -1.14. The second-order valence-corrected chi connectivity index (χ2v) is 7.20. The first-order valence-electron chi connectivity index (χ1n) is 6.73. The minimum absolute atomic E-state index is 0.0484. The number of halogens is 1. The molecule has 0 saturated heterocycles. The van der Waals surface area contributed by atoms with Crippen LogP contribution < -0.4 is 4.72 Å². The highest BCUT2D eigenvalue weighted by Gasteiger charge is 2.18. The van der Waals surface area contributed by atoms with Gasteiger partial charge in [-0.15, -0.1) is 0 Å². The number of fused-ring (bicyclic) bond motifs is 1. The van der Waals surface area contributed by atoms with E-state index in [2.05, 4.69) is 4.72 Å². The van der Waals surface area contributed by atoms with Crippen LogP contribution >= 0.6 is 11.6 Å².